The number of aromatic nitrogens is 1. The number of hydrogen-bond donors (Lipinski definition) is 1. The first-order valence-electron chi connectivity index (χ1n) is 6.71. The molecule has 1 fully saturated rings. The minimum atomic E-state index is 0.641. The number of hydrogen-bond acceptors (Lipinski definition) is 2. The molecule has 92 valence electrons. The minimum Gasteiger partial charge on any atom is -0.316 e. The Morgan fingerprint density at radius 2 is 2.28 bits per heavy atom. The summed E-state index contributed by atoms with van der Waals surface area (Å²) in [5.41, 5.74) is 3.53. The van der Waals surface area contributed by atoms with Gasteiger partial charge in [-0.3, -0.25) is 4.98 Å². The molecule has 2 atom stereocenters. The van der Waals surface area contributed by atoms with Gasteiger partial charge in [-0.25, -0.2) is 0 Å². The first kappa shape index (κ1) is 11.5. The smallest absolute Gasteiger partial charge is 0.0432 e. The molecular formula is C16H18N2. The minimum absolute atomic E-state index is 0.641. The maximum atomic E-state index is 5.46. The highest BCUT2D eigenvalue weighted by Gasteiger charge is 2.30. The van der Waals surface area contributed by atoms with Crippen LogP contribution in [0, 0.1) is 24.2 Å². The molecule has 18 heavy (non-hydrogen) atoms. The van der Waals surface area contributed by atoms with Crippen LogP contribution in [0.5, 0.6) is 0 Å². The molecule has 1 aliphatic heterocycles. The number of nitrogens with one attached hydrogen (secondary N) is 1. The van der Waals surface area contributed by atoms with E-state index < -0.39 is 0 Å². The zero-order chi connectivity index (χ0) is 12.4. The third kappa shape index (κ3) is 2.07. The summed E-state index contributed by atoms with van der Waals surface area (Å²) in [6.45, 7) is 2.26. The van der Waals surface area contributed by atoms with E-state index in [0.29, 0.717) is 5.92 Å². The van der Waals surface area contributed by atoms with Gasteiger partial charge < -0.3 is 5.32 Å². The Balaban J connectivity index is 1.94. The van der Waals surface area contributed by atoms with E-state index in [2.05, 4.69) is 28.4 Å². The number of piperidine rings is 1. The molecule has 0 unspecified atom stereocenters. The lowest BCUT2D eigenvalue weighted by atomic mass is 9.73. The number of rotatable bonds is 1. The summed E-state index contributed by atoms with van der Waals surface area (Å²) in [7, 11) is 0. The van der Waals surface area contributed by atoms with Crippen LogP contribution in [0.4, 0.5) is 0 Å². The van der Waals surface area contributed by atoms with Gasteiger partial charge >= 0.3 is 0 Å². The quantitative estimate of drug-likeness (QED) is 0.760. The lowest BCUT2D eigenvalue weighted by molar-refractivity contribution is 0.285. The van der Waals surface area contributed by atoms with Gasteiger partial charge in [0, 0.05) is 24.5 Å². The van der Waals surface area contributed by atoms with E-state index in [1.165, 1.54) is 30.4 Å². The second kappa shape index (κ2) is 4.96. The Labute approximate surface area is 109 Å². The molecule has 0 saturated carbocycles. The lowest BCUT2D eigenvalue weighted by Gasteiger charge is -2.37. The van der Waals surface area contributed by atoms with Crippen LogP contribution < -0.4 is 5.32 Å². The molecule has 1 aromatic heterocycles. The Hall–Kier alpha value is -1.59. The molecule has 0 bridgehead atoms. The summed E-state index contributed by atoms with van der Waals surface area (Å²) in [5, 5.41) is 3.51. The van der Waals surface area contributed by atoms with Crippen molar-refractivity contribution in [3.05, 3.63) is 35.7 Å². The fourth-order valence-electron chi connectivity index (χ4n) is 3.24. The van der Waals surface area contributed by atoms with E-state index in [1.807, 2.05) is 6.20 Å². The molecule has 2 aliphatic rings. The SMILES string of the molecule is C#Cc1cncc(C2=CCC[C@H]3CCNC[C@@H]23)c1. The molecule has 0 spiro atoms. The summed E-state index contributed by atoms with van der Waals surface area (Å²) < 4.78 is 0. The van der Waals surface area contributed by atoms with Crippen molar-refractivity contribution < 1.29 is 0 Å². The largest absolute Gasteiger partial charge is 0.316 e. The van der Waals surface area contributed by atoms with Gasteiger partial charge in [0.25, 0.3) is 0 Å². The van der Waals surface area contributed by atoms with E-state index in [4.69, 9.17) is 6.42 Å². The number of allylic oxidation sites excluding steroid dienone is 1. The van der Waals surface area contributed by atoms with Crippen LogP contribution in [0.1, 0.15) is 30.4 Å². The predicted molar refractivity (Wildman–Crippen MR) is 73.8 cm³/mol. The Kier molecular flexibility index (Phi) is 3.17. The van der Waals surface area contributed by atoms with E-state index in [-0.39, 0.29) is 0 Å². The van der Waals surface area contributed by atoms with Crippen molar-refractivity contribution in [2.75, 3.05) is 13.1 Å². The van der Waals surface area contributed by atoms with Crippen molar-refractivity contribution in [1.82, 2.24) is 10.3 Å². The van der Waals surface area contributed by atoms with Crippen LogP contribution in [0.25, 0.3) is 5.57 Å². The van der Waals surface area contributed by atoms with Crippen molar-refractivity contribution in [3.8, 4) is 12.3 Å². The molecule has 0 amide bonds. The van der Waals surface area contributed by atoms with Gasteiger partial charge in [0.2, 0.25) is 0 Å². The second-order valence-corrected chi connectivity index (χ2v) is 5.20. The van der Waals surface area contributed by atoms with Gasteiger partial charge in [-0.2, -0.15) is 0 Å². The maximum Gasteiger partial charge on any atom is 0.0432 e. The van der Waals surface area contributed by atoms with Crippen LogP contribution in [-0.2, 0) is 0 Å². The third-order valence-electron chi connectivity index (χ3n) is 4.16. The van der Waals surface area contributed by atoms with Gasteiger partial charge in [0.1, 0.15) is 0 Å². The van der Waals surface area contributed by atoms with Crippen molar-refractivity contribution in [3.63, 3.8) is 0 Å². The summed E-state index contributed by atoms with van der Waals surface area (Å²) in [5.74, 6) is 4.15. The van der Waals surface area contributed by atoms with Crippen molar-refractivity contribution in [1.29, 1.82) is 0 Å². The van der Waals surface area contributed by atoms with Crippen LogP contribution >= 0.6 is 0 Å². The lowest BCUT2D eigenvalue weighted by Crippen LogP contribution is -2.38. The normalized spacial score (nSPS) is 26.9. The highest BCUT2D eigenvalue weighted by atomic mass is 14.9. The van der Waals surface area contributed by atoms with Crippen molar-refractivity contribution in [2.45, 2.75) is 19.3 Å². The molecule has 1 saturated heterocycles. The zero-order valence-corrected chi connectivity index (χ0v) is 10.5. The van der Waals surface area contributed by atoms with Gasteiger partial charge in [0.05, 0.1) is 0 Å². The number of pyridine rings is 1. The molecule has 1 N–H and O–H groups in total. The van der Waals surface area contributed by atoms with Gasteiger partial charge in [-0.15, -0.1) is 6.42 Å². The summed E-state index contributed by atoms with van der Waals surface area (Å²) in [4.78, 5) is 4.26. The van der Waals surface area contributed by atoms with Crippen LogP contribution in [0.2, 0.25) is 0 Å². The molecule has 2 nitrogen and oxygen atoms in total. The summed E-state index contributed by atoms with van der Waals surface area (Å²) >= 11 is 0. The molecule has 0 aromatic carbocycles. The number of terminal acetylenes is 1. The van der Waals surface area contributed by atoms with E-state index >= 15 is 0 Å². The van der Waals surface area contributed by atoms with Crippen LogP contribution in [-0.4, -0.2) is 18.1 Å². The molecular weight excluding hydrogens is 220 g/mol. The number of nitrogens with zero attached hydrogens (tertiary/aromatic N) is 1. The van der Waals surface area contributed by atoms with Gasteiger partial charge in [-0.05, 0) is 54.8 Å². The molecule has 1 aliphatic carbocycles. The van der Waals surface area contributed by atoms with E-state index in [1.54, 1.807) is 6.20 Å². The summed E-state index contributed by atoms with van der Waals surface area (Å²) in [6, 6.07) is 2.09. The zero-order valence-electron chi connectivity index (χ0n) is 10.5. The standard InChI is InChI=1S/C16H18N2/c1-2-12-8-14(10-18-9-12)15-5-3-4-13-6-7-17-11-16(13)15/h1,5,8-10,13,16-17H,3-4,6-7,11H2/t13-,16+/m0/s1. The van der Waals surface area contributed by atoms with E-state index in [0.717, 1.165) is 24.6 Å². The average Bonchev–Trinajstić information content (AvgIpc) is 2.47. The second-order valence-electron chi connectivity index (χ2n) is 5.20. The highest BCUT2D eigenvalue weighted by Crippen LogP contribution is 2.39. The monoisotopic (exact) mass is 238 g/mol. The third-order valence-corrected chi connectivity index (χ3v) is 4.16. The summed E-state index contributed by atoms with van der Waals surface area (Å²) in [6.07, 6.45) is 15.4. The molecule has 2 heterocycles. The first-order valence-corrected chi connectivity index (χ1v) is 6.71. The predicted octanol–water partition coefficient (Wildman–Crippen LogP) is 2.47. The van der Waals surface area contributed by atoms with Gasteiger partial charge in [-0.1, -0.05) is 12.0 Å². The first-order chi connectivity index (χ1) is 8.88. The Bertz CT molecular complexity index is 510. The van der Waals surface area contributed by atoms with Crippen molar-refractivity contribution >= 4 is 5.57 Å². The topological polar surface area (TPSA) is 24.9 Å². The Morgan fingerprint density at radius 1 is 1.33 bits per heavy atom. The fourth-order valence-corrected chi connectivity index (χ4v) is 3.24. The molecule has 0 radical (unpaired) electrons. The maximum absolute atomic E-state index is 5.46. The molecule has 2 heteroatoms. The average molecular weight is 238 g/mol. The van der Waals surface area contributed by atoms with Crippen LogP contribution in [0.3, 0.4) is 0 Å². The molecule has 3 rings (SSSR count). The van der Waals surface area contributed by atoms with E-state index in [9.17, 15) is 0 Å². The molecule has 1 aromatic rings. The fraction of sp³-hybridized carbons (Fsp3) is 0.438. The van der Waals surface area contributed by atoms with Gasteiger partial charge in [0.15, 0.2) is 0 Å². The van der Waals surface area contributed by atoms with Crippen molar-refractivity contribution in [2.24, 2.45) is 11.8 Å². The Morgan fingerprint density at radius 3 is 3.17 bits per heavy atom. The number of fused-ring (bicyclic) bond motifs is 1. The van der Waals surface area contributed by atoms with Crippen LogP contribution in [0.15, 0.2) is 24.5 Å². The highest BCUT2D eigenvalue weighted by molar-refractivity contribution is 5.69.